The summed E-state index contributed by atoms with van der Waals surface area (Å²) in [4.78, 5) is 12.3. The van der Waals surface area contributed by atoms with E-state index in [-0.39, 0.29) is 17.4 Å². The second kappa shape index (κ2) is 7.60. The maximum absolute atomic E-state index is 12.3. The maximum atomic E-state index is 12.3. The molecule has 3 nitrogen and oxygen atoms in total. The summed E-state index contributed by atoms with van der Waals surface area (Å²) < 4.78 is 0. The van der Waals surface area contributed by atoms with Gasteiger partial charge >= 0.3 is 0 Å². The fourth-order valence-corrected chi connectivity index (χ4v) is 2.19. The van der Waals surface area contributed by atoms with E-state index in [1.807, 2.05) is 18.2 Å². The van der Waals surface area contributed by atoms with Crippen molar-refractivity contribution in [2.45, 2.75) is 54.0 Å². The van der Waals surface area contributed by atoms with Gasteiger partial charge < -0.3 is 10.6 Å². The van der Waals surface area contributed by atoms with Crippen molar-refractivity contribution in [2.75, 3.05) is 11.9 Å². The first kappa shape index (κ1) is 17.7. The fourth-order valence-electron chi connectivity index (χ4n) is 2.19. The average molecular weight is 290 g/mol. The minimum atomic E-state index is 0.0913. The maximum Gasteiger partial charge on any atom is 0.224 e. The van der Waals surface area contributed by atoms with E-state index >= 15 is 0 Å². The van der Waals surface area contributed by atoms with Crippen molar-refractivity contribution in [3.05, 3.63) is 29.8 Å². The topological polar surface area (TPSA) is 41.1 Å². The van der Waals surface area contributed by atoms with Crippen molar-refractivity contribution >= 4 is 11.6 Å². The third-order valence-corrected chi connectivity index (χ3v) is 4.18. The summed E-state index contributed by atoms with van der Waals surface area (Å²) in [6.07, 6.45) is 0.549. The van der Waals surface area contributed by atoms with Gasteiger partial charge in [0.05, 0.1) is 0 Å². The Morgan fingerprint density at radius 1 is 1.19 bits per heavy atom. The van der Waals surface area contributed by atoms with Gasteiger partial charge in [-0.1, -0.05) is 52.8 Å². The molecule has 2 unspecified atom stereocenters. The lowest BCUT2D eigenvalue weighted by Gasteiger charge is -2.27. The van der Waals surface area contributed by atoms with Gasteiger partial charge in [-0.25, -0.2) is 0 Å². The molecule has 0 fully saturated rings. The molecule has 1 aromatic carbocycles. The molecule has 0 aliphatic rings. The van der Waals surface area contributed by atoms with E-state index in [0.717, 1.165) is 17.8 Å². The number of nitrogens with one attached hydrogen (secondary N) is 2. The number of hydrogen-bond acceptors (Lipinski definition) is 2. The minimum Gasteiger partial charge on any atom is -0.326 e. The van der Waals surface area contributed by atoms with Gasteiger partial charge in [-0.3, -0.25) is 4.79 Å². The van der Waals surface area contributed by atoms with Crippen molar-refractivity contribution in [2.24, 2.45) is 11.3 Å². The molecule has 0 aliphatic heterocycles. The molecule has 2 atom stereocenters. The SMILES string of the molecule is CCNC(C)c1ccccc1NC(=O)CC(C)C(C)(C)C. The van der Waals surface area contributed by atoms with Gasteiger partial charge in [0.15, 0.2) is 0 Å². The highest BCUT2D eigenvalue weighted by atomic mass is 16.1. The normalized spacial score (nSPS) is 14.6. The third-order valence-electron chi connectivity index (χ3n) is 4.18. The largest absolute Gasteiger partial charge is 0.326 e. The Hall–Kier alpha value is -1.35. The van der Waals surface area contributed by atoms with Crippen molar-refractivity contribution in [3.8, 4) is 0 Å². The van der Waals surface area contributed by atoms with Crippen LogP contribution in [0.4, 0.5) is 5.69 Å². The van der Waals surface area contributed by atoms with Crippen LogP contribution in [-0.2, 0) is 4.79 Å². The van der Waals surface area contributed by atoms with Gasteiger partial charge in [0, 0.05) is 18.2 Å². The van der Waals surface area contributed by atoms with Crippen LogP contribution < -0.4 is 10.6 Å². The second-order valence-corrected chi connectivity index (χ2v) is 6.89. The molecular formula is C18H30N2O. The van der Waals surface area contributed by atoms with Crippen LogP contribution in [0.15, 0.2) is 24.3 Å². The van der Waals surface area contributed by atoms with Gasteiger partial charge in [-0.2, -0.15) is 0 Å². The number of para-hydroxylation sites is 1. The quantitative estimate of drug-likeness (QED) is 0.817. The number of anilines is 1. The van der Waals surface area contributed by atoms with Gasteiger partial charge in [0.2, 0.25) is 5.91 Å². The van der Waals surface area contributed by atoms with Crippen molar-refractivity contribution in [1.82, 2.24) is 5.32 Å². The van der Waals surface area contributed by atoms with Gasteiger partial charge in [0.25, 0.3) is 0 Å². The Morgan fingerprint density at radius 2 is 1.81 bits per heavy atom. The molecule has 3 heteroatoms. The van der Waals surface area contributed by atoms with E-state index in [4.69, 9.17) is 0 Å². The Kier molecular flexibility index (Phi) is 6.41. The molecule has 0 bridgehead atoms. The molecular weight excluding hydrogens is 260 g/mol. The van der Waals surface area contributed by atoms with Crippen LogP contribution in [0.2, 0.25) is 0 Å². The Balaban J connectivity index is 2.77. The van der Waals surface area contributed by atoms with Crippen LogP contribution >= 0.6 is 0 Å². The summed E-state index contributed by atoms with van der Waals surface area (Å²) in [5, 5.41) is 6.46. The summed E-state index contributed by atoms with van der Waals surface area (Å²) in [5.41, 5.74) is 2.20. The molecule has 1 rings (SSSR count). The predicted octanol–water partition coefficient (Wildman–Crippen LogP) is 4.37. The summed E-state index contributed by atoms with van der Waals surface area (Å²) in [6, 6.07) is 8.24. The standard InChI is InChI=1S/C18H30N2O/c1-7-19-14(3)15-10-8-9-11-16(15)20-17(21)12-13(2)18(4,5)6/h8-11,13-14,19H,7,12H2,1-6H3,(H,20,21). The van der Waals surface area contributed by atoms with Gasteiger partial charge in [-0.05, 0) is 36.4 Å². The molecule has 0 heterocycles. The lowest BCUT2D eigenvalue weighted by Crippen LogP contribution is -2.25. The predicted molar refractivity (Wildman–Crippen MR) is 90.4 cm³/mol. The Labute approximate surface area is 129 Å². The number of hydrogen-bond donors (Lipinski definition) is 2. The molecule has 0 aromatic heterocycles. The van der Waals surface area contributed by atoms with E-state index in [0.29, 0.717) is 12.3 Å². The second-order valence-electron chi connectivity index (χ2n) is 6.89. The monoisotopic (exact) mass is 290 g/mol. The number of carbonyl (C=O) groups is 1. The molecule has 2 N–H and O–H groups in total. The van der Waals surface area contributed by atoms with Crippen molar-refractivity contribution in [3.63, 3.8) is 0 Å². The van der Waals surface area contributed by atoms with Crippen LogP contribution in [0.5, 0.6) is 0 Å². The molecule has 0 saturated carbocycles. The summed E-state index contributed by atoms with van der Waals surface area (Å²) in [5.74, 6) is 0.435. The van der Waals surface area contributed by atoms with Crippen LogP contribution in [0, 0.1) is 11.3 Å². The highest BCUT2D eigenvalue weighted by Crippen LogP contribution is 2.29. The first-order valence-corrected chi connectivity index (χ1v) is 7.87. The zero-order valence-corrected chi connectivity index (χ0v) is 14.3. The fraction of sp³-hybridized carbons (Fsp3) is 0.611. The molecule has 0 radical (unpaired) electrons. The zero-order valence-electron chi connectivity index (χ0n) is 14.3. The molecule has 0 aliphatic carbocycles. The molecule has 1 aromatic rings. The molecule has 118 valence electrons. The van der Waals surface area contributed by atoms with E-state index < -0.39 is 0 Å². The number of benzene rings is 1. The summed E-state index contributed by atoms with van der Waals surface area (Å²) in [6.45, 7) is 13.8. The first-order chi connectivity index (χ1) is 9.75. The molecule has 1 amide bonds. The van der Waals surface area contributed by atoms with Crippen molar-refractivity contribution in [1.29, 1.82) is 0 Å². The van der Waals surface area contributed by atoms with E-state index in [9.17, 15) is 4.79 Å². The summed E-state index contributed by atoms with van der Waals surface area (Å²) >= 11 is 0. The van der Waals surface area contributed by atoms with Crippen LogP contribution in [0.3, 0.4) is 0 Å². The highest BCUT2D eigenvalue weighted by Gasteiger charge is 2.23. The molecule has 0 saturated heterocycles. The van der Waals surface area contributed by atoms with Crippen LogP contribution in [-0.4, -0.2) is 12.5 Å². The van der Waals surface area contributed by atoms with Gasteiger partial charge in [0.1, 0.15) is 0 Å². The minimum absolute atomic E-state index is 0.0913. The van der Waals surface area contributed by atoms with Crippen LogP contribution in [0.25, 0.3) is 0 Å². The Bertz CT molecular complexity index is 463. The third kappa shape index (κ3) is 5.50. The first-order valence-electron chi connectivity index (χ1n) is 7.87. The van der Waals surface area contributed by atoms with Crippen molar-refractivity contribution < 1.29 is 4.79 Å². The Morgan fingerprint density at radius 3 is 2.38 bits per heavy atom. The lowest BCUT2D eigenvalue weighted by atomic mass is 9.80. The smallest absolute Gasteiger partial charge is 0.224 e. The van der Waals surface area contributed by atoms with Gasteiger partial charge in [-0.15, -0.1) is 0 Å². The lowest BCUT2D eigenvalue weighted by molar-refractivity contribution is -0.117. The highest BCUT2D eigenvalue weighted by molar-refractivity contribution is 5.91. The zero-order chi connectivity index (χ0) is 16.0. The number of carbonyl (C=O) groups excluding carboxylic acids is 1. The number of rotatable bonds is 6. The van der Waals surface area contributed by atoms with E-state index in [1.54, 1.807) is 0 Å². The average Bonchev–Trinajstić information content (AvgIpc) is 2.38. The summed E-state index contributed by atoms with van der Waals surface area (Å²) in [7, 11) is 0. The molecule has 21 heavy (non-hydrogen) atoms. The molecule has 0 spiro atoms. The van der Waals surface area contributed by atoms with E-state index in [2.05, 4.69) is 58.2 Å². The number of amides is 1. The van der Waals surface area contributed by atoms with E-state index in [1.165, 1.54) is 0 Å². The van der Waals surface area contributed by atoms with Crippen LogP contribution in [0.1, 0.15) is 59.6 Å².